The van der Waals surface area contributed by atoms with Crippen molar-refractivity contribution in [2.24, 2.45) is 5.92 Å². The van der Waals surface area contributed by atoms with Crippen LogP contribution in [0.25, 0.3) is 0 Å². The van der Waals surface area contributed by atoms with Crippen LogP contribution in [0.3, 0.4) is 0 Å². The Morgan fingerprint density at radius 3 is 2.88 bits per heavy atom. The SMILES string of the molecule is CNCc1cc(C)ccc1N1CCC(C)C1. The van der Waals surface area contributed by atoms with Crippen molar-refractivity contribution in [1.82, 2.24) is 5.32 Å². The lowest BCUT2D eigenvalue weighted by atomic mass is 10.1. The highest BCUT2D eigenvalue weighted by molar-refractivity contribution is 5.55. The zero-order valence-electron chi connectivity index (χ0n) is 10.6. The predicted molar refractivity (Wildman–Crippen MR) is 69.9 cm³/mol. The summed E-state index contributed by atoms with van der Waals surface area (Å²) in [6, 6.07) is 6.80. The van der Waals surface area contributed by atoms with Gasteiger partial charge in [0.1, 0.15) is 0 Å². The molecule has 2 heteroatoms. The molecule has 0 bridgehead atoms. The number of nitrogens with one attached hydrogen (secondary N) is 1. The molecule has 16 heavy (non-hydrogen) atoms. The van der Waals surface area contributed by atoms with E-state index in [0.29, 0.717) is 0 Å². The van der Waals surface area contributed by atoms with Crippen molar-refractivity contribution in [2.75, 3.05) is 25.0 Å². The Balaban J connectivity index is 2.25. The minimum atomic E-state index is 0.837. The lowest BCUT2D eigenvalue weighted by Crippen LogP contribution is -2.21. The molecule has 0 aliphatic carbocycles. The van der Waals surface area contributed by atoms with E-state index in [4.69, 9.17) is 0 Å². The van der Waals surface area contributed by atoms with Crippen LogP contribution in [-0.4, -0.2) is 20.1 Å². The van der Waals surface area contributed by atoms with Crippen LogP contribution in [0.2, 0.25) is 0 Å². The van der Waals surface area contributed by atoms with Gasteiger partial charge >= 0.3 is 0 Å². The third-order valence-corrected chi connectivity index (χ3v) is 3.37. The third kappa shape index (κ3) is 2.38. The van der Waals surface area contributed by atoms with Gasteiger partial charge in [-0.2, -0.15) is 0 Å². The highest BCUT2D eigenvalue weighted by Gasteiger charge is 2.20. The van der Waals surface area contributed by atoms with Crippen LogP contribution in [-0.2, 0) is 6.54 Å². The number of hydrogen-bond acceptors (Lipinski definition) is 2. The van der Waals surface area contributed by atoms with E-state index in [0.717, 1.165) is 12.5 Å². The standard InChI is InChI=1S/C14H22N2/c1-11-4-5-14(13(8-11)9-15-3)16-7-6-12(2)10-16/h4-5,8,12,15H,6-7,9-10H2,1-3H3. The van der Waals surface area contributed by atoms with Gasteiger partial charge in [-0.1, -0.05) is 24.6 Å². The van der Waals surface area contributed by atoms with Gasteiger partial charge in [0.15, 0.2) is 0 Å². The fourth-order valence-corrected chi connectivity index (χ4v) is 2.51. The molecule has 1 fully saturated rings. The molecule has 2 nitrogen and oxygen atoms in total. The van der Waals surface area contributed by atoms with E-state index in [-0.39, 0.29) is 0 Å². The Labute approximate surface area is 98.7 Å². The average Bonchev–Trinajstić information content (AvgIpc) is 2.65. The Morgan fingerprint density at radius 2 is 2.25 bits per heavy atom. The molecule has 1 aliphatic heterocycles. The molecule has 1 aromatic carbocycles. The first-order valence-corrected chi connectivity index (χ1v) is 6.20. The summed E-state index contributed by atoms with van der Waals surface area (Å²) in [5, 5.41) is 3.26. The molecule has 1 N–H and O–H groups in total. The molecule has 0 amide bonds. The Hall–Kier alpha value is -1.02. The van der Waals surface area contributed by atoms with E-state index in [1.807, 2.05) is 7.05 Å². The number of benzene rings is 1. The van der Waals surface area contributed by atoms with Gasteiger partial charge in [-0.15, -0.1) is 0 Å². The lowest BCUT2D eigenvalue weighted by molar-refractivity contribution is 0.659. The molecule has 0 aromatic heterocycles. The molecular weight excluding hydrogens is 196 g/mol. The third-order valence-electron chi connectivity index (χ3n) is 3.37. The summed E-state index contributed by atoms with van der Waals surface area (Å²) in [4.78, 5) is 2.52. The molecule has 1 unspecified atom stereocenters. The van der Waals surface area contributed by atoms with Crippen molar-refractivity contribution < 1.29 is 0 Å². The van der Waals surface area contributed by atoms with Crippen LogP contribution in [0.15, 0.2) is 18.2 Å². The van der Waals surface area contributed by atoms with Crippen molar-refractivity contribution in [3.05, 3.63) is 29.3 Å². The second-order valence-corrected chi connectivity index (χ2v) is 5.00. The molecule has 1 aromatic rings. The maximum atomic E-state index is 3.26. The van der Waals surface area contributed by atoms with Crippen LogP contribution in [0, 0.1) is 12.8 Å². The molecule has 0 radical (unpaired) electrons. The van der Waals surface area contributed by atoms with E-state index >= 15 is 0 Å². The second kappa shape index (κ2) is 4.88. The van der Waals surface area contributed by atoms with Gasteiger partial charge in [0.2, 0.25) is 0 Å². The van der Waals surface area contributed by atoms with Crippen molar-refractivity contribution in [1.29, 1.82) is 0 Å². The predicted octanol–water partition coefficient (Wildman–Crippen LogP) is 2.56. The van der Waals surface area contributed by atoms with Crippen LogP contribution in [0.1, 0.15) is 24.5 Å². The summed E-state index contributed by atoms with van der Waals surface area (Å²) in [6.07, 6.45) is 1.33. The van der Waals surface area contributed by atoms with Gasteiger partial charge in [0.25, 0.3) is 0 Å². The fourth-order valence-electron chi connectivity index (χ4n) is 2.51. The Morgan fingerprint density at radius 1 is 1.44 bits per heavy atom. The summed E-state index contributed by atoms with van der Waals surface area (Å²) in [7, 11) is 2.01. The fraction of sp³-hybridized carbons (Fsp3) is 0.571. The van der Waals surface area contributed by atoms with Gasteiger partial charge in [-0.3, -0.25) is 0 Å². The Kier molecular flexibility index (Phi) is 3.49. The monoisotopic (exact) mass is 218 g/mol. The van der Waals surface area contributed by atoms with Gasteiger partial charge in [0.05, 0.1) is 0 Å². The minimum absolute atomic E-state index is 0.837. The molecule has 0 saturated carbocycles. The summed E-state index contributed by atoms with van der Waals surface area (Å²) in [5.74, 6) is 0.837. The van der Waals surface area contributed by atoms with Crippen molar-refractivity contribution in [3.8, 4) is 0 Å². The number of hydrogen-bond donors (Lipinski definition) is 1. The Bertz CT molecular complexity index is 360. The zero-order chi connectivity index (χ0) is 11.5. The lowest BCUT2D eigenvalue weighted by Gasteiger charge is -2.22. The summed E-state index contributed by atoms with van der Waals surface area (Å²) >= 11 is 0. The van der Waals surface area contributed by atoms with E-state index in [1.165, 1.54) is 36.3 Å². The molecular formula is C14H22N2. The molecule has 1 aliphatic rings. The van der Waals surface area contributed by atoms with Gasteiger partial charge in [-0.05, 0) is 37.9 Å². The molecule has 1 saturated heterocycles. The first-order chi connectivity index (χ1) is 7.70. The van der Waals surface area contributed by atoms with Crippen molar-refractivity contribution in [2.45, 2.75) is 26.8 Å². The van der Waals surface area contributed by atoms with Crippen LogP contribution in [0.4, 0.5) is 5.69 Å². The highest BCUT2D eigenvalue weighted by atomic mass is 15.2. The number of nitrogens with zero attached hydrogens (tertiary/aromatic N) is 1. The van der Waals surface area contributed by atoms with Crippen LogP contribution in [0.5, 0.6) is 0 Å². The van der Waals surface area contributed by atoms with Gasteiger partial charge in [0, 0.05) is 25.3 Å². The van der Waals surface area contributed by atoms with Crippen LogP contribution < -0.4 is 10.2 Å². The number of rotatable bonds is 3. The normalized spacial score (nSPS) is 20.4. The molecule has 1 heterocycles. The summed E-state index contributed by atoms with van der Waals surface area (Å²) in [5.41, 5.74) is 4.20. The largest absolute Gasteiger partial charge is 0.371 e. The maximum Gasteiger partial charge on any atom is 0.0412 e. The van der Waals surface area contributed by atoms with E-state index in [1.54, 1.807) is 0 Å². The topological polar surface area (TPSA) is 15.3 Å². The van der Waals surface area contributed by atoms with Crippen molar-refractivity contribution >= 4 is 5.69 Å². The van der Waals surface area contributed by atoms with Crippen molar-refractivity contribution in [3.63, 3.8) is 0 Å². The summed E-state index contributed by atoms with van der Waals surface area (Å²) in [6.45, 7) is 7.88. The maximum absolute atomic E-state index is 3.26. The smallest absolute Gasteiger partial charge is 0.0412 e. The first-order valence-electron chi connectivity index (χ1n) is 6.20. The van der Waals surface area contributed by atoms with E-state index in [2.05, 4.69) is 42.3 Å². The average molecular weight is 218 g/mol. The second-order valence-electron chi connectivity index (χ2n) is 5.00. The van der Waals surface area contributed by atoms with E-state index in [9.17, 15) is 0 Å². The summed E-state index contributed by atoms with van der Waals surface area (Å²) < 4.78 is 0. The molecule has 0 spiro atoms. The number of aryl methyl sites for hydroxylation is 1. The molecule has 1 atom stereocenters. The number of anilines is 1. The van der Waals surface area contributed by atoms with Crippen LogP contribution >= 0.6 is 0 Å². The minimum Gasteiger partial charge on any atom is -0.371 e. The first kappa shape index (κ1) is 11.5. The molecule has 88 valence electrons. The van der Waals surface area contributed by atoms with Gasteiger partial charge in [-0.25, -0.2) is 0 Å². The quantitative estimate of drug-likeness (QED) is 0.839. The highest BCUT2D eigenvalue weighted by Crippen LogP contribution is 2.27. The molecule has 2 rings (SSSR count). The van der Waals surface area contributed by atoms with E-state index < -0.39 is 0 Å². The van der Waals surface area contributed by atoms with Gasteiger partial charge < -0.3 is 10.2 Å². The zero-order valence-corrected chi connectivity index (χ0v) is 10.6.